The van der Waals surface area contributed by atoms with Crippen molar-refractivity contribution in [3.8, 4) is 16.3 Å². The molecule has 146 valence electrons. The Morgan fingerprint density at radius 3 is 2.64 bits per heavy atom. The largest absolute Gasteiger partial charge is 0.497 e. The minimum absolute atomic E-state index is 0.0245. The van der Waals surface area contributed by atoms with Crippen molar-refractivity contribution in [1.29, 1.82) is 0 Å². The Morgan fingerprint density at radius 1 is 1.21 bits per heavy atom. The molecule has 1 aromatic heterocycles. The molecule has 1 atom stereocenters. The van der Waals surface area contributed by atoms with Gasteiger partial charge in [0.1, 0.15) is 23.0 Å². The lowest BCUT2D eigenvalue weighted by atomic mass is 10.2. The highest BCUT2D eigenvalue weighted by Crippen LogP contribution is 2.29. The van der Waals surface area contributed by atoms with Crippen molar-refractivity contribution in [2.45, 2.75) is 13.5 Å². The van der Waals surface area contributed by atoms with Gasteiger partial charge in [0.2, 0.25) is 0 Å². The number of amides is 1. The first kappa shape index (κ1) is 20.3. The molecule has 0 saturated carbocycles. The minimum Gasteiger partial charge on any atom is -0.497 e. The van der Waals surface area contributed by atoms with Gasteiger partial charge in [-0.05, 0) is 37.3 Å². The van der Waals surface area contributed by atoms with Gasteiger partial charge in [0.05, 0.1) is 18.7 Å². The van der Waals surface area contributed by atoms with E-state index in [1.165, 1.54) is 0 Å². The molecule has 0 saturated heterocycles. The van der Waals surface area contributed by atoms with Crippen LogP contribution in [0.15, 0.2) is 53.9 Å². The van der Waals surface area contributed by atoms with Gasteiger partial charge in [0.15, 0.2) is 6.54 Å². The van der Waals surface area contributed by atoms with Gasteiger partial charge in [-0.25, -0.2) is 4.98 Å². The summed E-state index contributed by atoms with van der Waals surface area (Å²) >= 11 is 7.84. The fourth-order valence-electron chi connectivity index (χ4n) is 2.82. The number of hydrogen-bond acceptors (Lipinski definition) is 4. The summed E-state index contributed by atoms with van der Waals surface area (Å²) in [6.07, 6.45) is 0. The Labute approximate surface area is 173 Å². The van der Waals surface area contributed by atoms with Crippen LogP contribution in [0.3, 0.4) is 0 Å². The number of likely N-dealkylation sites (N-methyl/N-ethyl adjacent to an activating group) is 1. The molecule has 1 amide bonds. The van der Waals surface area contributed by atoms with Gasteiger partial charge in [0.25, 0.3) is 5.91 Å². The van der Waals surface area contributed by atoms with E-state index in [4.69, 9.17) is 21.3 Å². The van der Waals surface area contributed by atoms with Crippen LogP contribution in [0.4, 0.5) is 5.69 Å². The van der Waals surface area contributed by atoms with Crippen LogP contribution in [0, 0.1) is 0 Å². The van der Waals surface area contributed by atoms with Crippen molar-refractivity contribution in [2.24, 2.45) is 0 Å². The molecule has 1 heterocycles. The van der Waals surface area contributed by atoms with Gasteiger partial charge >= 0.3 is 0 Å². The maximum absolute atomic E-state index is 12.4. The van der Waals surface area contributed by atoms with Crippen molar-refractivity contribution < 1.29 is 14.4 Å². The second kappa shape index (κ2) is 9.68. The predicted octanol–water partition coefficient (Wildman–Crippen LogP) is 3.52. The fraction of sp³-hybridized carbons (Fsp3) is 0.238. The van der Waals surface area contributed by atoms with Crippen LogP contribution in [-0.4, -0.2) is 31.1 Å². The Morgan fingerprint density at radius 2 is 1.96 bits per heavy atom. The van der Waals surface area contributed by atoms with Crippen LogP contribution in [0.5, 0.6) is 5.75 Å². The Balaban J connectivity index is 1.59. The number of carbonyl (C=O) groups excluding carboxylic acids is 1. The van der Waals surface area contributed by atoms with Crippen LogP contribution in [-0.2, 0) is 11.3 Å². The molecule has 3 aromatic rings. The molecule has 5 nitrogen and oxygen atoms in total. The zero-order chi connectivity index (χ0) is 19.9. The summed E-state index contributed by atoms with van der Waals surface area (Å²) < 4.78 is 5.13. The van der Waals surface area contributed by atoms with Gasteiger partial charge in [-0.15, -0.1) is 11.3 Å². The van der Waals surface area contributed by atoms with Crippen LogP contribution < -0.4 is 15.0 Å². The van der Waals surface area contributed by atoms with Crippen molar-refractivity contribution in [3.63, 3.8) is 0 Å². The van der Waals surface area contributed by atoms with E-state index in [-0.39, 0.29) is 5.91 Å². The second-order valence-electron chi connectivity index (χ2n) is 6.36. The molecule has 0 aliphatic rings. The number of methoxy groups -OCH3 is 1. The number of aromatic nitrogens is 1. The van der Waals surface area contributed by atoms with E-state index in [0.717, 1.165) is 39.1 Å². The lowest BCUT2D eigenvalue weighted by molar-refractivity contribution is -0.904. The number of nitrogens with zero attached hydrogens (tertiary/aromatic N) is 1. The van der Waals surface area contributed by atoms with Gasteiger partial charge in [0, 0.05) is 16.6 Å². The number of hydrogen-bond donors (Lipinski definition) is 2. The normalized spacial score (nSPS) is 11.8. The van der Waals surface area contributed by atoms with E-state index in [2.05, 4.69) is 12.2 Å². The number of quaternary nitrogens is 1. The smallest absolute Gasteiger partial charge is 0.279 e. The number of benzene rings is 2. The summed E-state index contributed by atoms with van der Waals surface area (Å²) in [5.41, 5.74) is 2.67. The van der Waals surface area contributed by atoms with E-state index in [0.29, 0.717) is 18.1 Å². The van der Waals surface area contributed by atoms with Gasteiger partial charge in [-0.2, -0.15) is 0 Å². The quantitative estimate of drug-likeness (QED) is 0.590. The Hall–Kier alpha value is -2.41. The highest BCUT2D eigenvalue weighted by molar-refractivity contribution is 7.13. The summed E-state index contributed by atoms with van der Waals surface area (Å²) in [6.45, 7) is 3.96. The first-order valence-corrected chi connectivity index (χ1v) is 10.3. The molecule has 2 N–H and O–H groups in total. The number of nitrogens with one attached hydrogen (secondary N) is 2. The molecule has 0 spiro atoms. The summed E-state index contributed by atoms with van der Waals surface area (Å²) in [7, 11) is 1.62. The minimum atomic E-state index is -0.0245. The molecular weight excluding hydrogens is 394 g/mol. The predicted molar refractivity (Wildman–Crippen MR) is 114 cm³/mol. The number of carbonyl (C=O) groups is 1. The highest BCUT2D eigenvalue weighted by Gasteiger charge is 2.16. The number of ether oxygens (including phenoxy) is 1. The average Bonchev–Trinajstić information content (AvgIpc) is 3.16. The fourth-order valence-corrected chi connectivity index (χ4v) is 3.96. The van der Waals surface area contributed by atoms with Gasteiger partial charge in [-0.1, -0.05) is 29.8 Å². The topological polar surface area (TPSA) is 55.7 Å². The lowest BCUT2D eigenvalue weighted by Crippen LogP contribution is -3.11. The second-order valence-corrected chi connectivity index (χ2v) is 7.62. The molecule has 7 heteroatoms. The number of rotatable bonds is 8. The molecule has 2 aromatic carbocycles. The molecule has 1 unspecified atom stereocenters. The third-order valence-corrected chi connectivity index (χ3v) is 5.63. The van der Waals surface area contributed by atoms with Crippen molar-refractivity contribution in [3.05, 3.63) is 64.6 Å². The van der Waals surface area contributed by atoms with Crippen LogP contribution in [0.1, 0.15) is 12.6 Å². The summed E-state index contributed by atoms with van der Waals surface area (Å²) in [5.74, 6) is 0.736. The third kappa shape index (κ3) is 5.32. The molecule has 0 radical (unpaired) electrons. The maximum atomic E-state index is 12.4. The SMILES string of the molecule is CC[NH+](CC(=O)Nc1ccc(OC)cc1)Cc1csc(-c2ccccc2Cl)n1. The summed E-state index contributed by atoms with van der Waals surface area (Å²) in [4.78, 5) is 18.2. The van der Waals surface area contributed by atoms with Crippen LogP contribution >= 0.6 is 22.9 Å². The first-order valence-electron chi connectivity index (χ1n) is 9.05. The highest BCUT2D eigenvalue weighted by atomic mass is 35.5. The summed E-state index contributed by atoms with van der Waals surface area (Å²) in [5, 5.41) is 6.57. The average molecular weight is 417 g/mol. The van der Waals surface area contributed by atoms with E-state index < -0.39 is 0 Å². The van der Waals surface area contributed by atoms with Crippen molar-refractivity contribution >= 4 is 34.5 Å². The zero-order valence-electron chi connectivity index (χ0n) is 15.9. The van der Waals surface area contributed by atoms with Gasteiger partial charge in [-0.3, -0.25) is 4.79 Å². The molecule has 3 rings (SSSR count). The van der Waals surface area contributed by atoms with Crippen molar-refractivity contribution in [2.75, 3.05) is 25.5 Å². The molecule has 0 aliphatic heterocycles. The van der Waals surface area contributed by atoms with E-state index in [1.54, 1.807) is 18.4 Å². The lowest BCUT2D eigenvalue weighted by Gasteiger charge is -2.16. The first-order chi connectivity index (χ1) is 13.6. The molecule has 28 heavy (non-hydrogen) atoms. The van der Waals surface area contributed by atoms with Crippen LogP contribution in [0.2, 0.25) is 5.02 Å². The Bertz CT molecular complexity index is 927. The van der Waals surface area contributed by atoms with E-state index in [9.17, 15) is 4.79 Å². The monoisotopic (exact) mass is 416 g/mol. The zero-order valence-corrected chi connectivity index (χ0v) is 17.4. The van der Waals surface area contributed by atoms with Crippen molar-refractivity contribution in [1.82, 2.24) is 4.98 Å². The summed E-state index contributed by atoms with van der Waals surface area (Å²) in [6, 6.07) is 15.0. The number of halogens is 1. The Kier molecular flexibility index (Phi) is 7.03. The van der Waals surface area contributed by atoms with E-state index >= 15 is 0 Å². The molecular formula is C21H23ClN3O2S+. The molecule has 0 fully saturated rings. The van der Waals surface area contributed by atoms with Gasteiger partial charge < -0.3 is 15.0 Å². The molecule has 0 aliphatic carbocycles. The number of anilines is 1. The maximum Gasteiger partial charge on any atom is 0.279 e. The third-order valence-electron chi connectivity index (χ3n) is 4.37. The number of thiazole rings is 1. The van der Waals surface area contributed by atoms with Crippen LogP contribution in [0.25, 0.3) is 10.6 Å². The molecule has 0 bridgehead atoms. The van der Waals surface area contributed by atoms with E-state index in [1.807, 2.05) is 53.9 Å². The standard InChI is InChI=1S/C21H22ClN3O2S/c1-3-25(13-20(26)23-15-8-10-17(27-2)11-9-15)12-16-14-28-21(24-16)18-6-4-5-7-19(18)22/h4-11,14H,3,12-13H2,1-2H3,(H,23,26)/p+1.